The molecule has 0 aliphatic rings. The van der Waals surface area contributed by atoms with Gasteiger partial charge in [-0.2, -0.15) is 0 Å². The Labute approximate surface area is 169 Å². The largest absolute Gasteiger partial charge is 0.326 e. The quantitative estimate of drug-likeness (QED) is 0.454. The maximum atomic E-state index is 12.1. The number of sulfonamides is 1. The number of halogens is 1. The molecular formula is C20H21ClN2O4S. The molecule has 0 atom stereocenters. The summed E-state index contributed by atoms with van der Waals surface area (Å²) in [5, 5.41) is 3.24. The zero-order valence-electron chi connectivity index (χ0n) is 15.2. The van der Waals surface area contributed by atoms with Crippen LogP contribution in [0.1, 0.15) is 28.8 Å². The van der Waals surface area contributed by atoms with Crippen molar-refractivity contribution in [3.05, 3.63) is 77.3 Å². The second kappa shape index (κ2) is 10.2. The molecule has 28 heavy (non-hydrogen) atoms. The van der Waals surface area contributed by atoms with Crippen LogP contribution in [-0.4, -0.2) is 26.7 Å². The lowest BCUT2D eigenvalue weighted by Gasteiger charge is -2.08. The highest BCUT2D eigenvalue weighted by molar-refractivity contribution is 7.88. The maximum Gasteiger partial charge on any atom is 0.224 e. The van der Waals surface area contributed by atoms with Gasteiger partial charge in [-0.05, 0) is 42.0 Å². The minimum Gasteiger partial charge on any atom is -0.326 e. The lowest BCUT2D eigenvalue weighted by atomic mass is 10.1. The van der Waals surface area contributed by atoms with E-state index in [0.29, 0.717) is 21.8 Å². The average molecular weight is 421 g/mol. The lowest BCUT2D eigenvalue weighted by Crippen LogP contribution is -2.25. The third-order valence-corrected chi connectivity index (χ3v) is 5.36. The van der Waals surface area contributed by atoms with Crippen molar-refractivity contribution in [2.75, 3.05) is 11.9 Å². The fourth-order valence-electron chi connectivity index (χ4n) is 2.37. The third-order valence-electron chi connectivity index (χ3n) is 3.79. The smallest absolute Gasteiger partial charge is 0.224 e. The number of benzene rings is 2. The highest BCUT2D eigenvalue weighted by Gasteiger charge is 2.12. The molecule has 2 aromatic carbocycles. The Bertz CT molecular complexity index is 939. The van der Waals surface area contributed by atoms with Gasteiger partial charge >= 0.3 is 0 Å². The van der Waals surface area contributed by atoms with Gasteiger partial charge in [-0.1, -0.05) is 29.8 Å². The fraction of sp³-hybridized carbons (Fsp3) is 0.200. The molecule has 0 fully saturated rings. The summed E-state index contributed by atoms with van der Waals surface area (Å²) < 4.78 is 26.1. The summed E-state index contributed by atoms with van der Waals surface area (Å²) in [5.74, 6) is -0.597. The fourth-order valence-corrected chi connectivity index (χ4v) is 3.60. The predicted molar refractivity (Wildman–Crippen MR) is 111 cm³/mol. The second-order valence-electron chi connectivity index (χ2n) is 6.07. The van der Waals surface area contributed by atoms with Gasteiger partial charge in [0.2, 0.25) is 15.9 Å². The van der Waals surface area contributed by atoms with Crippen LogP contribution in [0.3, 0.4) is 0 Å². The first-order valence-corrected chi connectivity index (χ1v) is 10.6. The van der Waals surface area contributed by atoms with E-state index in [4.69, 9.17) is 11.6 Å². The van der Waals surface area contributed by atoms with Crippen LogP contribution in [0.15, 0.2) is 61.2 Å². The van der Waals surface area contributed by atoms with Crippen LogP contribution in [-0.2, 0) is 20.6 Å². The Morgan fingerprint density at radius 1 is 1.00 bits per heavy atom. The van der Waals surface area contributed by atoms with Crippen LogP contribution >= 0.6 is 11.6 Å². The number of carbonyl (C=O) groups excluding carboxylic acids is 2. The molecule has 0 aliphatic carbocycles. The molecule has 1 amide bonds. The van der Waals surface area contributed by atoms with Crippen LogP contribution in [0, 0.1) is 0 Å². The van der Waals surface area contributed by atoms with E-state index in [9.17, 15) is 18.0 Å². The van der Waals surface area contributed by atoms with Crippen LogP contribution in [0.5, 0.6) is 0 Å². The monoisotopic (exact) mass is 420 g/mol. The van der Waals surface area contributed by atoms with Crippen molar-refractivity contribution < 1.29 is 18.0 Å². The zero-order valence-corrected chi connectivity index (χ0v) is 16.7. The summed E-state index contributed by atoms with van der Waals surface area (Å²) in [6, 6.07) is 13.0. The van der Waals surface area contributed by atoms with Crippen molar-refractivity contribution in [1.82, 2.24) is 4.72 Å². The van der Waals surface area contributed by atoms with Gasteiger partial charge in [-0.25, -0.2) is 13.1 Å². The normalized spacial score (nSPS) is 11.0. The molecule has 0 saturated heterocycles. The molecule has 148 valence electrons. The SMILES string of the molecule is C=CCNS(=O)(=O)Cc1ccc(NC(=O)CCC(=O)c2ccc(Cl)cc2)cc1. The standard InChI is InChI=1S/C20H21ClN2O4S/c1-2-13-22-28(26,27)14-15-3-9-18(10-4-15)23-20(25)12-11-19(24)16-5-7-17(21)8-6-16/h2-10,22H,1,11-14H2,(H,23,25). The molecule has 0 bridgehead atoms. The van der Waals surface area contributed by atoms with Crippen LogP contribution in [0.4, 0.5) is 5.69 Å². The molecule has 8 heteroatoms. The number of Topliss-reactive ketones (excluding diaryl/α,β-unsaturated/α-hetero) is 1. The van der Waals surface area contributed by atoms with Crippen molar-refractivity contribution in [2.45, 2.75) is 18.6 Å². The molecule has 6 nitrogen and oxygen atoms in total. The van der Waals surface area contributed by atoms with Crippen LogP contribution in [0.2, 0.25) is 5.02 Å². The van der Waals surface area contributed by atoms with Gasteiger partial charge in [-0.15, -0.1) is 6.58 Å². The van der Waals surface area contributed by atoms with Gasteiger partial charge in [0.15, 0.2) is 5.78 Å². The van der Waals surface area contributed by atoms with E-state index in [1.807, 2.05) is 0 Å². The lowest BCUT2D eigenvalue weighted by molar-refractivity contribution is -0.116. The van der Waals surface area contributed by atoms with Crippen molar-refractivity contribution in [3.63, 3.8) is 0 Å². The van der Waals surface area contributed by atoms with E-state index in [1.165, 1.54) is 6.08 Å². The molecule has 2 N–H and O–H groups in total. The number of nitrogens with one attached hydrogen (secondary N) is 2. The summed E-state index contributed by atoms with van der Waals surface area (Å²) >= 11 is 5.79. The summed E-state index contributed by atoms with van der Waals surface area (Å²) in [4.78, 5) is 24.1. The van der Waals surface area contributed by atoms with E-state index >= 15 is 0 Å². The van der Waals surface area contributed by atoms with Crippen molar-refractivity contribution in [1.29, 1.82) is 0 Å². The molecule has 0 radical (unpaired) electrons. The zero-order chi connectivity index (χ0) is 20.6. The first-order valence-electron chi connectivity index (χ1n) is 8.55. The average Bonchev–Trinajstić information content (AvgIpc) is 2.66. The van der Waals surface area contributed by atoms with E-state index in [0.717, 1.165) is 0 Å². The van der Waals surface area contributed by atoms with Crippen molar-refractivity contribution in [2.24, 2.45) is 0 Å². The van der Waals surface area contributed by atoms with Gasteiger partial charge in [0.25, 0.3) is 0 Å². The van der Waals surface area contributed by atoms with Gasteiger partial charge in [0.05, 0.1) is 5.75 Å². The summed E-state index contributed by atoms with van der Waals surface area (Å²) in [6.07, 6.45) is 1.59. The number of amides is 1. The first kappa shape index (κ1) is 21.8. The Morgan fingerprint density at radius 2 is 1.64 bits per heavy atom. The predicted octanol–water partition coefficient (Wildman–Crippen LogP) is 3.55. The molecule has 0 unspecified atom stereocenters. The molecular weight excluding hydrogens is 400 g/mol. The Kier molecular flexibility index (Phi) is 7.92. The van der Waals surface area contributed by atoms with Crippen LogP contribution in [0.25, 0.3) is 0 Å². The number of carbonyl (C=O) groups is 2. The maximum absolute atomic E-state index is 12.1. The number of hydrogen-bond acceptors (Lipinski definition) is 4. The summed E-state index contributed by atoms with van der Waals surface area (Å²) in [6.45, 7) is 3.63. The van der Waals surface area contributed by atoms with Crippen molar-refractivity contribution in [3.8, 4) is 0 Å². The summed E-state index contributed by atoms with van der Waals surface area (Å²) in [7, 11) is -3.43. The molecule has 2 rings (SSSR count). The number of ketones is 1. The molecule has 2 aromatic rings. The van der Waals surface area contributed by atoms with E-state index in [-0.39, 0.29) is 36.8 Å². The minimum atomic E-state index is -3.43. The van der Waals surface area contributed by atoms with E-state index < -0.39 is 10.0 Å². The molecule has 0 aromatic heterocycles. The first-order chi connectivity index (χ1) is 13.3. The van der Waals surface area contributed by atoms with Crippen molar-refractivity contribution >= 4 is 39.0 Å². The molecule has 0 spiro atoms. The van der Waals surface area contributed by atoms with E-state index in [2.05, 4.69) is 16.6 Å². The molecule has 0 saturated carbocycles. The van der Waals surface area contributed by atoms with E-state index in [1.54, 1.807) is 48.5 Å². The van der Waals surface area contributed by atoms with Crippen LogP contribution < -0.4 is 10.0 Å². The number of rotatable bonds is 10. The number of anilines is 1. The third kappa shape index (κ3) is 7.26. The second-order valence-corrected chi connectivity index (χ2v) is 8.31. The van der Waals surface area contributed by atoms with Gasteiger partial charge < -0.3 is 5.32 Å². The Balaban J connectivity index is 1.84. The summed E-state index contributed by atoms with van der Waals surface area (Å²) in [5.41, 5.74) is 1.63. The highest BCUT2D eigenvalue weighted by Crippen LogP contribution is 2.14. The molecule has 0 heterocycles. The van der Waals surface area contributed by atoms with Gasteiger partial charge in [0.1, 0.15) is 0 Å². The topological polar surface area (TPSA) is 92.3 Å². The minimum absolute atomic E-state index is 0.0447. The Morgan fingerprint density at radius 3 is 2.25 bits per heavy atom. The number of hydrogen-bond donors (Lipinski definition) is 2. The van der Waals surface area contributed by atoms with Gasteiger partial charge in [0, 0.05) is 35.7 Å². The highest BCUT2D eigenvalue weighted by atomic mass is 35.5. The Hall–Kier alpha value is -2.48. The molecule has 0 aliphatic heterocycles. The van der Waals surface area contributed by atoms with Gasteiger partial charge in [-0.3, -0.25) is 9.59 Å².